The smallest absolute Gasteiger partial charge is 0.269 e. The summed E-state index contributed by atoms with van der Waals surface area (Å²) < 4.78 is 2.16. The van der Waals surface area contributed by atoms with Gasteiger partial charge in [-0.25, -0.2) is 0 Å². The number of nitro benzene ring substituents is 1. The van der Waals surface area contributed by atoms with Crippen molar-refractivity contribution < 1.29 is 9.72 Å². The summed E-state index contributed by atoms with van der Waals surface area (Å²) >= 11 is 0. The van der Waals surface area contributed by atoms with Crippen molar-refractivity contribution in [1.82, 2.24) is 9.47 Å². The number of fused-ring (bicyclic) bond motifs is 1. The van der Waals surface area contributed by atoms with E-state index in [1.54, 1.807) is 12.1 Å². The minimum Gasteiger partial charge on any atom is -0.348 e. The second-order valence-electron chi connectivity index (χ2n) is 6.54. The second kappa shape index (κ2) is 5.78. The lowest BCUT2D eigenvalue weighted by Crippen LogP contribution is -2.46. The quantitative estimate of drug-likeness (QED) is 0.643. The Morgan fingerprint density at radius 2 is 1.88 bits per heavy atom. The van der Waals surface area contributed by atoms with Gasteiger partial charge >= 0.3 is 0 Å². The monoisotopic (exact) mass is 325 g/mol. The molecule has 0 bridgehead atoms. The Morgan fingerprint density at radius 1 is 1.12 bits per heavy atom. The van der Waals surface area contributed by atoms with Crippen LogP contribution in [-0.4, -0.2) is 26.8 Å². The van der Waals surface area contributed by atoms with Gasteiger partial charge in [0.15, 0.2) is 0 Å². The Labute approximate surface area is 139 Å². The lowest BCUT2D eigenvalue weighted by Gasteiger charge is -2.40. The molecule has 0 N–H and O–H groups in total. The molecular formula is C18H19N3O3. The number of hydrogen-bond acceptors (Lipinski definition) is 3. The molecule has 2 aliphatic rings. The van der Waals surface area contributed by atoms with Crippen molar-refractivity contribution in [2.45, 2.75) is 31.8 Å². The van der Waals surface area contributed by atoms with E-state index in [9.17, 15) is 14.9 Å². The highest BCUT2D eigenvalue weighted by atomic mass is 16.6. The van der Waals surface area contributed by atoms with Crippen LogP contribution >= 0.6 is 0 Å². The van der Waals surface area contributed by atoms with Gasteiger partial charge in [0.1, 0.15) is 0 Å². The van der Waals surface area contributed by atoms with Crippen molar-refractivity contribution in [2.75, 3.05) is 6.54 Å². The summed E-state index contributed by atoms with van der Waals surface area (Å²) in [7, 11) is 0. The number of carbonyl (C=O) groups excluding carboxylic acids is 1. The van der Waals surface area contributed by atoms with E-state index in [4.69, 9.17) is 0 Å². The number of nitro groups is 1. The molecule has 1 aliphatic carbocycles. The maximum Gasteiger partial charge on any atom is 0.269 e. The van der Waals surface area contributed by atoms with Crippen LogP contribution < -0.4 is 0 Å². The molecule has 6 nitrogen and oxygen atoms in total. The zero-order chi connectivity index (χ0) is 16.7. The van der Waals surface area contributed by atoms with Crippen LogP contribution in [0.15, 0.2) is 42.6 Å². The Bertz CT molecular complexity index is 777. The molecule has 124 valence electrons. The highest BCUT2D eigenvalue weighted by Crippen LogP contribution is 2.37. The molecule has 1 aliphatic heterocycles. The third-order valence-corrected chi connectivity index (χ3v) is 5.20. The third-order valence-electron chi connectivity index (χ3n) is 5.20. The standard InChI is InChI=1S/C18H19N3O3/c22-18(14-3-1-4-14)20-12-11-19-10-2-5-16(19)17(20)13-6-8-15(9-7-13)21(23)24/h2,5-10,14,17H,1,3-4,11-12H2/t17-/m0/s1. The topological polar surface area (TPSA) is 68.4 Å². The van der Waals surface area contributed by atoms with Crippen LogP contribution in [0.4, 0.5) is 5.69 Å². The normalized spacial score (nSPS) is 20.3. The van der Waals surface area contributed by atoms with E-state index in [0.29, 0.717) is 6.54 Å². The number of non-ortho nitro benzene ring substituents is 1. The fraction of sp³-hybridized carbons (Fsp3) is 0.389. The molecule has 1 fully saturated rings. The number of rotatable bonds is 3. The Balaban J connectivity index is 1.72. The molecule has 24 heavy (non-hydrogen) atoms. The van der Waals surface area contributed by atoms with E-state index in [-0.39, 0.29) is 23.6 Å². The Kier molecular flexibility index (Phi) is 3.59. The van der Waals surface area contributed by atoms with Crippen molar-refractivity contribution in [3.8, 4) is 0 Å². The van der Waals surface area contributed by atoms with E-state index in [2.05, 4.69) is 4.57 Å². The fourth-order valence-electron chi connectivity index (χ4n) is 3.64. The second-order valence-corrected chi connectivity index (χ2v) is 6.54. The number of carbonyl (C=O) groups is 1. The highest BCUT2D eigenvalue weighted by Gasteiger charge is 2.37. The summed E-state index contributed by atoms with van der Waals surface area (Å²) in [6.07, 6.45) is 5.11. The van der Waals surface area contributed by atoms with Crippen LogP contribution in [0.3, 0.4) is 0 Å². The summed E-state index contributed by atoms with van der Waals surface area (Å²) in [5.74, 6) is 0.365. The first-order valence-electron chi connectivity index (χ1n) is 8.35. The third kappa shape index (κ3) is 2.38. The lowest BCUT2D eigenvalue weighted by atomic mass is 9.83. The number of nitrogens with zero attached hydrogens (tertiary/aromatic N) is 3. The molecular weight excluding hydrogens is 306 g/mol. The van der Waals surface area contributed by atoms with Gasteiger partial charge in [-0.2, -0.15) is 0 Å². The maximum atomic E-state index is 12.9. The van der Waals surface area contributed by atoms with E-state index < -0.39 is 4.92 Å². The van der Waals surface area contributed by atoms with E-state index in [0.717, 1.165) is 37.1 Å². The van der Waals surface area contributed by atoms with Crippen molar-refractivity contribution in [1.29, 1.82) is 0 Å². The van der Waals surface area contributed by atoms with Gasteiger partial charge < -0.3 is 9.47 Å². The molecule has 4 rings (SSSR count). The first-order chi connectivity index (χ1) is 11.6. The van der Waals surface area contributed by atoms with E-state index >= 15 is 0 Å². The number of hydrogen-bond donors (Lipinski definition) is 0. The molecule has 6 heteroatoms. The summed E-state index contributed by atoms with van der Waals surface area (Å²) in [5, 5.41) is 10.9. The fourth-order valence-corrected chi connectivity index (χ4v) is 3.64. The van der Waals surface area contributed by atoms with Crippen LogP contribution in [0, 0.1) is 16.0 Å². The van der Waals surface area contributed by atoms with Crippen molar-refractivity contribution >= 4 is 11.6 Å². The largest absolute Gasteiger partial charge is 0.348 e. The van der Waals surface area contributed by atoms with Crippen LogP contribution in [0.2, 0.25) is 0 Å². The summed E-state index contributed by atoms with van der Waals surface area (Å²) in [6, 6.07) is 10.4. The summed E-state index contributed by atoms with van der Waals surface area (Å²) in [4.78, 5) is 25.3. The van der Waals surface area contributed by atoms with E-state index in [1.165, 1.54) is 12.1 Å². The van der Waals surface area contributed by atoms with Gasteiger partial charge in [0, 0.05) is 43.0 Å². The number of benzene rings is 1. The minimum atomic E-state index is -0.398. The molecule has 1 atom stereocenters. The van der Waals surface area contributed by atoms with Gasteiger partial charge in [0.2, 0.25) is 5.91 Å². The SMILES string of the molecule is O=C(C1CCC1)N1CCn2cccc2[C@@H]1c1ccc([N+](=O)[O-])cc1. The Hall–Kier alpha value is -2.63. The van der Waals surface area contributed by atoms with Crippen molar-refractivity contribution in [3.05, 3.63) is 64.0 Å². The van der Waals surface area contributed by atoms with Gasteiger partial charge in [0.05, 0.1) is 11.0 Å². The van der Waals surface area contributed by atoms with Crippen LogP contribution in [-0.2, 0) is 11.3 Å². The minimum absolute atomic E-state index is 0.0711. The van der Waals surface area contributed by atoms with Crippen LogP contribution in [0.5, 0.6) is 0 Å². The zero-order valence-corrected chi connectivity index (χ0v) is 13.3. The molecule has 0 spiro atoms. The van der Waals surface area contributed by atoms with Gasteiger partial charge in [-0.1, -0.05) is 6.42 Å². The highest BCUT2D eigenvalue weighted by molar-refractivity contribution is 5.80. The maximum absolute atomic E-state index is 12.9. The molecule has 1 aromatic carbocycles. The van der Waals surface area contributed by atoms with Gasteiger partial charge in [-0.05, 0) is 42.7 Å². The average Bonchev–Trinajstić information content (AvgIpc) is 3.00. The van der Waals surface area contributed by atoms with Gasteiger partial charge in [-0.3, -0.25) is 14.9 Å². The predicted molar refractivity (Wildman–Crippen MR) is 88.4 cm³/mol. The summed E-state index contributed by atoms with van der Waals surface area (Å²) in [5.41, 5.74) is 2.07. The number of amides is 1. The molecule has 1 amide bonds. The molecule has 1 aromatic heterocycles. The lowest BCUT2D eigenvalue weighted by molar-refractivity contribution is -0.384. The van der Waals surface area contributed by atoms with Gasteiger partial charge in [-0.15, -0.1) is 0 Å². The van der Waals surface area contributed by atoms with Crippen molar-refractivity contribution in [3.63, 3.8) is 0 Å². The first-order valence-corrected chi connectivity index (χ1v) is 8.35. The summed E-state index contributed by atoms with van der Waals surface area (Å²) in [6.45, 7) is 1.48. The average molecular weight is 325 g/mol. The van der Waals surface area contributed by atoms with Crippen LogP contribution in [0.1, 0.15) is 36.6 Å². The molecule has 1 saturated carbocycles. The predicted octanol–water partition coefficient (Wildman–Crippen LogP) is 3.13. The first kappa shape index (κ1) is 14.9. The van der Waals surface area contributed by atoms with E-state index in [1.807, 2.05) is 23.2 Å². The zero-order valence-electron chi connectivity index (χ0n) is 13.3. The molecule has 0 radical (unpaired) electrons. The number of aromatic nitrogens is 1. The molecule has 0 saturated heterocycles. The van der Waals surface area contributed by atoms with Gasteiger partial charge in [0.25, 0.3) is 5.69 Å². The van der Waals surface area contributed by atoms with Crippen LogP contribution in [0.25, 0.3) is 0 Å². The molecule has 2 aromatic rings. The molecule has 2 heterocycles. The molecule has 0 unspecified atom stereocenters. The Morgan fingerprint density at radius 3 is 2.50 bits per heavy atom. The van der Waals surface area contributed by atoms with Crippen molar-refractivity contribution in [2.24, 2.45) is 5.92 Å².